The van der Waals surface area contributed by atoms with Crippen molar-refractivity contribution in [2.45, 2.75) is 19.9 Å². The van der Waals surface area contributed by atoms with Crippen LogP contribution >= 0.6 is 0 Å². The molecule has 1 aliphatic heterocycles. The lowest BCUT2D eigenvalue weighted by Gasteiger charge is -2.15. The van der Waals surface area contributed by atoms with Crippen LogP contribution in [0.3, 0.4) is 0 Å². The highest BCUT2D eigenvalue weighted by Gasteiger charge is 2.20. The largest absolute Gasteiger partial charge is 0.350 e. The van der Waals surface area contributed by atoms with Gasteiger partial charge in [-0.3, -0.25) is 9.59 Å². The van der Waals surface area contributed by atoms with Gasteiger partial charge in [0.25, 0.3) is 11.5 Å². The molecule has 0 unspecified atom stereocenters. The summed E-state index contributed by atoms with van der Waals surface area (Å²) in [5, 5.41) is 5.47. The summed E-state index contributed by atoms with van der Waals surface area (Å²) in [5.74, 6) is -0.397. The number of hydrogen-bond acceptors (Lipinski definition) is 3. The van der Waals surface area contributed by atoms with Gasteiger partial charge in [-0.25, -0.2) is 4.79 Å². The van der Waals surface area contributed by atoms with Gasteiger partial charge in [-0.05, 0) is 30.5 Å². The van der Waals surface area contributed by atoms with Crippen LogP contribution in [-0.4, -0.2) is 47.6 Å². The van der Waals surface area contributed by atoms with Crippen LogP contribution in [0.5, 0.6) is 0 Å². The Balaban J connectivity index is 1.64. The number of benzene rings is 1. The first kappa shape index (κ1) is 18.7. The number of rotatable bonds is 7. The maximum Gasteiger partial charge on any atom is 0.317 e. The predicted molar refractivity (Wildman–Crippen MR) is 103 cm³/mol. The first-order valence-corrected chi connectivity index (χ1v) is 9.11. The summed E-state index contributed by atoms with van der Waals surface area (Å²) >= 11 is 0. The first-order chi connectivity index (χ1) is 13.1. The van der Waals surface area contributed by atoms with Crippen LogP contribution in [0.2, 0.25) is 0 Å². The molecular weight excluding hydrogens is 344 g/mol. The molecule has 0 bridgehead atoms. The van der Waals surface area contributed by atoms with E-state index in [1.54, 1.807) is 28.7 Å². The molecular formula is C20H24N4O3. The fraction of sp³-hybridized carbons (Fsp3) is 0.350. The van der Waals surface area contributed by atoms with Crippen LogP contribution in [0, 0.1) is 6.92 Å². The number of nitrogens with one attached hydrogen (secondary N) is 2. The minimum absolute atomic E-state index is 0.122. The molecule has 1 saturated heterocycles. The van der Waals surface area contributed by atoms with Crippen LogP contribution in [0.1, 0.15) is 21.5 Å². The van der Waals surface area contributed by atoms with E-state index in [0.29, 0.717) is 38.3 Å². The van der Waals surface area contributed by atoms with Crippen LogP contribution in [-0.2, 0) is 13.0 Å². The van der Waals surface area contributed by atoms with Gasteiger partial charge in [-0.2, -0.15) is 0 Å². The predicted octanol–water partition coefficient (Wildman–Crippen LogP) is 1.15. The molecule has 0 radical (unpaired) electrons. The van der Waals surface area contributed by atoms with Gasteiger partial charge in [-0.1, -0.05) is 30.3 Å². The van der Waals surface area contributed by atoms with Gasteiger partial charge in [0, 0.05) is 38.9 Å². The maximum atomic E-state index is 12.8. The standard InChI is InChI=1S/C20H24N4O3/c1-15-7-11-23(12-8-16-5-3-2-4-6-16)19(26)17(15)18(25)21-9-13-24-14-10-22-20(24)27/h2-7,11H,8-10,12-14H2,1H3,(H,21,25)(H,22,27). The SMILES string of the molecule is Cc1ccn(CCc2ccccc2)c(=O)c1C(=O)NCCN1CCNC1=O. The summed E-state index contributed by atoms with van der Waals surface area (Å²) in [4.78, 5) is 38.4. The van der Waals surface area contributed by atoms with E-state index >= 15 is 0 Å². The fourth-order valence-electron chi connectivity index (χ4n) is 3.13. The molecule has 2 aromatic rings. The van der Waals surface area contributed by atoms with Gasteiger partial charge in [0.1, 0.15) is 5.56 Å². The summed E-state index contributed by atoms with van der Waals surface area (Å²) in [6, 6.07) is 11.6. The molecule has 27 heavy (non-hydrogen) atoms. The normalized spacial score (nSPS) is 13.5. The Morgan fingerprint density at radius 2 is 1.93 bits per heavy atom. The van der Waals surface area contributed by atoms with Crippen molar-refractivity contribution >= 4 is 11.9 Å². The number of aromatic nitrogens is 1. The first-order valence-electron chi connectivity index (χ1n) is 9.11. The van der Waals surface area contributed by atoms with Crippen LogP contribution in [0.25, 0.3) is 0 Å². The van der Waals surface area contributed by atoms with E-state index < -0.39 is 5.91 Å². The number of carbonyl (C=O) groups excluding carboxylic acids is 2. The lowest BCUT2D eigenvalue weighted by atomic mass is 10.1. The molecule has 0 atom stereocenters. The monoisotopic (exact) mass is 368 g/mol. The topological polar surface area (TPSA) is 83.4 Å². The van der Waals surface area contributed by atoms with Gasteiger partial charge in [-0.15, -0.1) is 0 Å². The molecule has 3 rings (SSSR count). The van der Waals surface area contributed by atoms with Gasteiger partial charge in [0.2, 0.25) is 0 Å². The number of nitrogens with zero attached hydrogens (tertiary/aromatic N) is 2. The molecule has 1 fully saturated rings. The summed E-state index contributed by atoms with van der Waals surface area (Å²) in [6.45, 7) is 4.25. The third-order valence-electron chi connectivity index (χ3n) is 4.70. The second-order valence-corrected chi connectivity index (χ2v) is 6.58. The van der Waals surface area contributed by atoms with Crippen molar-refractivity contribution < 1.29 is 9.59 Å². The Morgan fingerprint density at radius 3 is 2.63 bits per heavy atom. The molecule has 0 aliphatic carbocycles. The third-order valence-corrected chi connectivity index (χ3v) is 4.70. The van der Waals surface area contributed by atoms with Crippen molar-refractivity contribution in [3.05, 3.63) is 69.6 Å². The number of hydrogen-bond donors (Lipinski definition) is 2. The zero-order valence-electron chi connectivity index (χ0n) is 15.4. The number of aryl methyl sites for hydroxylation is 3. The molecule has 2 heterocycles. The van der Waals surface area contributed by atoms with Crippen molar-refractivity contribution in [2.75, 3.05) is 26.2 Å². The van der Waals surface area contributed by atoms with E-state index in [0.717, 1.165) is 12.0 Å². The van der Waals surface area contributed by atoms with E-state index in [2.05, 4.69) is 10.6 Å². The van der Waals surface area contributed by atoms with Gasteiger partial charge in [0.15, 0.2) is 0 Å². The van der Waals surface area contributed by atoms with E-state index in [9.17, 15) is 14.4 Å². The number of pyridine rings is 1. The molecule has 7 heteroatoms. The maximum absolute atomic E-state index is 12.8. The smallest absolute Gasteiger partial charge is 0.317 e. The lowest BCUT2D eigenvalue weighted by molar-refractivity contribution is 0.0947. The second-order valence-electron chi connectivity index (χ2n) is 6.58. The van der Waals surface area contributed by atoms with Crippen LogP contribution < -0.4 is 16.2 Å². The summed E-state index contributed by atoms with van der Waals surface area (Å²) in [7, 11) is 0. The highest BCUT2D eigenvalue weighted by Crippen LogP contribution is 2.05. The Bertz CT molecular complexity index is 877. The van der Waals surface area contributed by atoms with E-state index in [1.165, 1.54) is 0 Å². The minimum Gasteiger partial charge on any atom is -0.350 e. The van der Waals surface area contributed by atoms with Gasteiger partial charge in [0.05, 0.1) is 0 Å². The van der Waals surface area contributed by atoms with Crippen molar-refractivity contribution in [1.82, 2.24) is 20.1 Å². The van der Waals surface area contributed by atoms with Crippen molar-refractivity contribution in [3.8, 4) is 0 Å². The minimum atomic E-state index is -0.397. The molecule has 2 N–H and O–H groups in total. The molecule has 1 aromatic heterocycles. The molecule has 3 amide bonds. The highest BCUT2D eigenvalue weighted by atomic mass is 16.2. The van der Waals surface area contributed by atoms with E-state index in [1.807, 2.05) is 30.3 Å². The summed E-state index contributed by atoms with van der Waals surface area (Å²) < 4.78 is 1.57. The van der Waals surface area contributed by atoms with Crippen LogP contribution in [0.15, 0.2) is 47.4 Å². The third kappa shape index (κ3) is 4.55. The lowest BCUT2D eigenvalue weighted by Crippen LogP contribution is -2.39. The molecule has 1 aliphatic rings. The molecule has 0 saturated carbocycles. The van der Waals surface area contributed by atoms with Crippen molar-refractivity contribution in [1.29, 1.82) is 0 Å². The highest BCUT2D eigenvalue weighted by molar-refractivity contribution is 5.95. The Labute approximate surface area is 158 Å². The number of amides is 3. The molecule has 1 aromatic carbocycles. The average molecular weight is 368 g/mol. The summed E-state index contributed by atoms with van der Waals surface area (Å²) in [6.07, 6.45) is 2.45. The van der Waals surface area contributed by atoms with Crippen molar-refractivity contribution in [2.24, 2.45) is 0 Å². The zero-order chi connectivity index (χ0) is 19.2. The Kier molecular flexibility index (Phi) is 5.90. The Morgan fingerprint density at radius 1 is 1.15 bits per heavy atom. The van der Waals surface area contributed by atoms with Crippen LogP contribution in [0.4, 0.5) is 4.79 Å². The zero-order valence-corrected chi connectivity index (χ0v) is 15.4. The Hall–Kier alpha value is -3.09. The van der Waals surface area contributed by atoms with Gasteiger partial charge < -0.3 is 20.1 Å². The number of urea groups is 1. The van der Waals surface area contributed by atoms with E-state index in [-0.39, 0.29) is 17.2 Å². The second kappa shape index (κ2) is 8.53. The van der Waals surface area contributed by atoms with Crippen molar-refractivity contribution in [3.63, 3.8) is 0 Å². The molecule has 0 spiro atoms. The average Bonchev–Trinajstić information content (AvgIpc) is 3.07. The fourth-order valence-corrected chi connectivity index (χ4v) is 3.13. The van der Waals surface area contributed by atoms with Gasteiger partial charge >= 0.3 is 6.03 Å². The summed E-state index contributed by atoms with van der Waals surface area (Å²) in [5.41, 5.74) is 1.66. The molecule has 7 nitrogen and oxygen atoms in total. The molecule has 142 valence electrons. The van der Waals surface area contributed by atoms with E-state index in [4.69, 9.17) is 0 Å². The number of carbonyl (C=O) groups is 2. The quantitative estimate of drug-likeness (QED) is 0.769.